The molecule has 0 aromatic heterocycles. The monoisotopic (exact) mass is 1110 g/mol. The molecule has 7 saturated heterocycles. The maximum atomic E-state index is 2.82. The number of piperidine rings is 4. The van der Waals surface area contributed by atoms with Crippen LogP contribution in [-0.4, -0.2) is 146 Å². The van der Waals surface area contributed by atoms with Gasteiger partial charge in [0.25, 0.3) is 0 Å². The molecule has 6 heteroatoms. The first kappa shape index (κ1) is 73.0. The molecule has 7 aliphatic heterocycles. The highest BCUT2D eigenvalue weighted by Gasteiger charge is 2.56. The topological polar surface area (TPSA) is 19.4 Å². The zero-order valence-electron chi connectivity index (χ0n) is 58.9. The van der Waals surface area contributed by atoms with Crippen molar-refractivity contribution in [3.63, 3.8) is 0 Å². The summed E-state index contributed by atoms with van der Waals surface area (Å²) < 4.78 is 0. The molecule has 8 aliphatic rings. The first-order chi connectivity index (χ1) is 36.7. The van der Waals surface area contributed by atoms with Gasteiger partial charge in [-0.25, -0.2) is 0 Å². The van der Waals surface area contributed by atoms with E-state index in [0.717, 1.165) is 119 Å². The van der Waals surface area contributed by atoms with Crippen LogP contribution in [0.3, 0.4) is 0 Å². The molecule has 79 heavy (non-hydrogen) atoms. The van der Waals surface area contributed by atoms with Crippen LogP contribution in [0, 0.1) is 117 Å². The average molecular weight is 1110 g/mol. The number of nitrogens with zero attached hydrogens (tertiary/aromatic N) is 6. The van der Waals surface area contributed by atoms with Crippen LogP contribution in [0.4, 0.5) is 0 Å². The van der Waals surface area contributed by atoms with Crippen molar-refractivity contribution < 1.29 is 0 Å². The summed E-state index contributed by atoms with van der Waals surface area (Å²) in [6, 6.07) is 1.86. The van der Waals surface area contributed by atoms with E-state index in [1.54, 1.807) is 0 Å². The van der Waals surface area contributed by atoms with Crippen molar-refractivity contribution >= 4 is 0 Å². The molecule has 0 aromatic rings. The van der Waals surface area contributed by atoms with Gasteiger partial charge in [-0.2, -0.15) is 0 Å². The smallest absolute Gasteiger partial charge is 0.0102 e. The van der Waals surface area contributed by atoms with Gasteiger partial charge in [0, 0.05) is 84.1 Å². The Morgan fingerprint density at radius 3 is 1.08 bits per heavy atom. The standard InChI is InChI=1S/C14H27N.C13H27N.C12H23N.C12H25N.2C11H23N/c1-10(2)9-15-13-5-6-14(15)8-12(7-13)11(3)4;1-11(2)10-14-8-6-13(5,7-9-14)12(3)4;1-8(2)5-13-6-10-11(7-13)12(10)9(3)4;1-10(2)9-13-7-5-12(6-8-13)11(3)4;1-9(2)6-12-7-10(8-12)11(3,4)5;1-9(2)7-12-6-5-11(8-12)10(3)4/h10-14H,5-9H2,1-4H3;11-12H,6-10H2,1-5H3;8-12H,5-7H2,1-4H3;10-12H,5-9H2,1-4H3;9-10H,6-8H2,1-5H3;9-11H,5-8H2,1-4H3. The first-order valence-corrected chi connectivity index (χ1v) is 35.1. The van der Waals surface area contributed by atoms with Crippen LogP contribution in [0.25, 0.3) is 0 Å². The van der Waals surface area contributed by atoms with Crippen molar-refractivity contribution in [1.29, 1.82) is 0 Å². The summed E-state index contributed by atoms with van der Waals surface area (Å²) in [6.07, 6.45) is 12.9. The van der Waals surface area contributed by atoms with Crippen molar-refractivity contribution in [1.82, 2.24) is 29.4 Å². The Morgan fingerprint density at radius 1 is 0.367 bits per heavy atom. The van der Waals surface area contributed by atoms with Crippen LogP contribution >= 0.6 is 0 Å². The van der Waals surface area contributed by atoms with Gasteiger partial charge in [0.15, 0.2) is 0 Å². The van der Waals surface area contributed by atoms with Crippen molar-refractivity contribution in [2.24, 2.45) is 117 Å². The van der Waals surface area contributed by atoms with Crippen molar-refractivity contribution in [3.8, 4) is 0 Å². The third kappa shape index (κ3) is 26.5. The molecule has 0 amide bonds. The van der Waals surface area contributed by atoms with E-state index in [1.165, 1.54) is 163 Å². The molecule has 7 heterocycles. The van der Waals surface area contributed by atoms with Gasteiger partial charge in [-0.15, -0.1) is 0 Å². The number of hydrogen-bond donors (Lipinski definition) is 0. The number of likely N-dealkylation sites (tertiary alicyclic amines) is 5. The third-order valence-corrected chi connectivity index (χ3v) is 21.1. The third-order valence-electron chi connectivity index (χ3n) is 21.1. The summed E-state index contributed by atoms with van der Waals surface area (Å²) in [5.41, 5.74) is 1.13. The number of rotatable bonds is 17. The molecular weight excluding hydrogens is 961 g/mol. The molecule has 8 fully saturated rings. The second-order valence-corrected chi connectivity index (χ2v) is 34.1. The molecule has 0 radical (unpaired) electrons. The number of fused-ring (bicyclic) bond motifs is 3. The molecule has 470 valence electrons. The lowest BCUT2D eigenvalue weighted by molar-refractivity contribution is 0.0172. The fraction of sp³-hybridized carbons (Fsp3) is 1.00. The van der Waals surface area contributed by atoms with Gasteiger partial charge in [0.1, 0.15) is 0 Å². The van der Waals surface area contributed by atoms with E-state index in [9.17, 15) is 0 Å². The second-order valence-electron chi connectivity index (χ2n) is 34.1. The zero-order valence-corrected chi connectivity index (χ0v) is 58.9. The van der Waals surface area contributed by atoms with Gasteiger partial charge in [0.05, 0.1) is 0 Å². The van der Waals surface area contributed by atoms with Crippen molar-refractivity contribution in [2.75, 3.05) is 105 Å². The van der Waals surface area contributed by atoms with E-state index in [4.69, 9.17) is 0 Å². The second kappa shape index (κ2) is 34.8. The lowest BCUT2D eigenvalue weighted by Gasteiger charge is -2.47. The molecule has 0 aromatic carbocycles. The van der Waals surface area contributed by atoms with Crippen LogP contribution in [0.5, 0.6) is 0 Å². The highest BCUT2D eigenvalue weighted by Crippen LogP contribution is 2.55. The number of hydrogen-bond acceptors (Lipinski definition) is 6. The summed E-state index contributed by atoms with van der Waals surface area (Å²) >= 11 is 0. The van der Waals surface area contributed by atoms with E-state index in [1.807, 2.05) is 0 Å². The van der Waals surface area contributed by atoms with Crippen LogP contribution in [0.2, 0.25) is 0 Å². The quantitative estimate of drug-likeness (QED) is 0.144. The predicted octanol–water partition coefficient (Wildman–Crippen LogP) is 17.7. The highest BCUT2D eigenvalue weighted by atomic mass is 15.2. The lowest BCUT2D eigenvalue weighted by Crippen LogP contribution is -2.52. The summed E-state index contributed by atoms with van der Waals surface area (Å²) in [6.45, 7) is 82.3. The Morgan fingerprint density at radius 2 is 0.722 bits per heavy atom. The van der Waals surface area contributed by atoms with E-state index >= 15 is 0 Å². The van der Waals surface area contributed by atoms with Crippen LogP contribution < -0.4 is 0 Å². The Hall–Kier alpha value is -0.240. The van der Waals surface area contributed by atoms with Gasteiger partial charge in [-0.05, 0) is 208 Å². The minimum atomic E-state index is 0.521. The van der Waals surface area contributed by atoms with Crippen LogP contribution in [0.15, 0.2) is 0 Å². The fourth-order valence-electron chi connectivity index (χ4n) is 15.4. The summed E-state index contributed by atoms with van der Waals surface area (Å²) in [5.74, 6) is 16.5. The van der Waals surface area contributed by atoms with E-state index < -0.39 is 0 Å². The molecule has 2 bridgehead atoms. The van der Waals surface area contributed by atoms with Gasteiger partial charge in [-0.3, -0.25) is 4.90 Å². The molecule has 5 atom stereocenters. The van der Waals surface area contributed by atoms with Crippen LogP contribution in [0.1, 0.15) is 238 Å². The minimum Gasteiger partial charge on any atom is -0.303 e. The SMILES string of the molecule is CC(C)CN1C2CCC1CC(C(C)C)C2.CC(C)CN1CC(C(C)(C)C)C1.CC(C)CN1CC2C(C1)C2C(C)C.CC(C)CN1CCC(C(C)C)C1.CC(C)CN1CCC(C(C)C)CC1.CC(C)CN1CCC(C)(C(C)C)CC1. The average Bonchev–Trinajstić information content (AvgIpc) is 3.51. The maximum Gasteiger partial charge on any atom is 0.0102 e. The Kier molecular flexibility index (Phi) is 32.2. The fourth-order valence-corrected chi connectivity index (χ4v) is 15.4. The summed E-state index contributed by atoms with van der Waals surface area (Å²) in [7, 11) is 0. The molecule has 1 saturated carbocycles. The zero-order chi connectivity index (χ0) is 59.7. The normalized spacial score (nSPS) is 28.3. The van der Waals surface area contributed by atoms with E-state index in [2.05, 4.69) is 209 Å². The molecule has 8 rings (SSSR count). The van der Waals surface area contributed by atoms with Gasteiger partial charge < -0.3 is 24.5 Å². The summed E-state index contributed by atoms with van der Waals surface area (Å²) in [4.78, 5) is 15.9. The highest BCUT2D eigenvalue weighted by molar-refractivity contribution is 5.06. The Balaban J connectivity index is 0.000000250. The molecule has 0 spiro atoms. The van der Waals surface area contributed by atoms with Crippen molar-refractivity contribution in [2.45, 2.75) is 250 Å². The van der Waals surface area contributed by atoms with Gasteiger partial charge in [-0.1, -0.05) is 180 Å². The maximum absolute atomic E-state index is 2.82. The molecule has 5 unspecified atom stereocenters. The Bertz CT molecular complexity index is 1510. The largest absolute Gasteiger partial charge is 0.303 e. The van der Waals surface area contributed by atoms with Crippen LogP contribution in [-0.2, 0) is 0 Å². The summed E-state index contributed by atoms with van der Waals surface area (Å²) in [5, 5.41) is 0. The Labute approximate surface area is 499 Å². The van der Waals surface area contributed by atoms with Crippen molar-refractivity contribution in [3.05, 3.63) is 0 Å². The molecule has 1 aliphatic carbocycles. The van der Waals surface area contributed by atoms with E-state index in [-0.39, 0.29) is 0 Å². The minimum absolute atomic E-state index is 0.521. The van der Waals surface area contributed by atoms with E-state index in [0.29, 0.717) is 10.8 Å². The predicted molar refractivity (Wildman–Crippen MR) is 353 cm³/mol. The molecular formula is C73H148N6. The molecule has 6 nitrogen and oxygen atoms in total. The first-order valence-electron chi connectivity index (χ1n) is 35.1. The van der Waals surface area contributed by atoms with Gasteiger partial charge >= 0.3 is 0 Å². The molecule has 0 N–H and O–H groups in total. The lowest BCUT2D eigenvalue weighted by atomic mass is 9.72. The van der Waals surface area contributed by atoms with Gasteiger partial charge in [0.2, 0.25) is 0 Å².